The number of ketones is 2. The lowest BCUT2D eigenvalue weighted by atomic mass is 9.55. The second-order valence-electron chi connectivity index (χ2n) is 7.15. The van der Waals surface area contributed by atoms with Crippen molar-refractivity contribution in [3.8, 4) is 0 Å². The molecular weight excluding hydrogens is 260 g/mol. The van der Waals surface area contributed by atoms with Crippen LogP contribution in [-0.4, -0.2) is 16.9 Å². The average Bonchev–Trinajstić information content (AvgIpc) is 2.69. The minimum atomic E-state index is -0.138. The van der Waals surface area contributed by atoms with Crippen LogP contribution in [0.1, 0.15) is 44.9 Å². The summed E-state index contributed by atoms with van der Waals surface area (Å²) in [6, 6.07) is 0. The first-order valence-electron chi connectivity index (χ1n) is 7.90. The van der Waals surface area contributed by atoms with Crippen LogP contribution in [-0.2, 0) is 9.59 Å². The molecule has 4 fully saturated rings. The van der Waals surface area contributed by atoms with Gasteiger partial charge < -0.3 is 0 Å². The smallest absolute Gasteiger partial charge is 0.203 e. The van der Waals surface area contributed by atoms with Gasteiger partial charge in [0.2, 0.25) is 11.6 Å². The molecular formula is C16H21ClO2. The van der Waals surface area contributed by atoms with Gasteiger partial charge in [0.15, 0.2) is 0 Å². The zero-order valence-electron chi connectivity index (χ0n) is 11.2. The first kappa shape index (κ1) is 12.4. The third-order valence-electron chi connectivity index (χ3n) is 6.46. The molecule has 3 heteroatoms. The highest BCUT2D eigenvalue weighted by Gasteiger charge is 2.61. The summed E-state index contributed by atoms with van der Waals surface area (Å²) in [5.74, 6) is 1.84. The van der Waals surface area contributed by atoms with Gasteiger partial charge in [-0.15, -0.1) is 11.6 Å². The van der Waals surface area contributed by atoms with Crippen LogP contribution < -0.4 is 0 Å². The van der Waals surface area contributed by atoms with Crippen LogP contribution in [0.25, 0.3) is 0 Å². The summed E-state index contributed by atoms with van der Waals surface area (Å²) in [5.41, 5.74) is 0. The average molecular weight is 281 g/mol. The molecule has 4 saturated carbocycles. The van der Waals surface area contributed by atoms with Gasteiger partial charge in [-0.1, -0.05) is 19.3 Å². The van der Waals surface area contributed by atoms with E-state index in [9.17, 15) is 9.59 Å². The predicted molar refractivity (Wildman–Crippen MR) is 72.9 cm³/mol. The van der Waals surface area contributed by atoms with Crippen LogP contribution in [0.4, 0.5) is 0 Å². The monoisotopic (exact) mass is 280 g/mol. The predicted octanol–water partition coefficient (Wildman–Crippen LogP) is 3.21. The summed E-state index contributed by atoms with van der Waals surface area (Å²) >= 11 is 6.39. The largest absolute Gasteiger partial charge is 0.291 e. The summed E-state index contributed by atoms with van der Waals surface area (Å²) in [6.45, 7) is 0. The Hall–Kier alpha value is -0.370. The summed E-state index contributed by atoms with van der Waals surface area (Å²) in [5, 5.41) is -0.0807. The fourth-order valence-corrected chi connectivity index (χ4v) is 6.19. The van der Waals surface area contributed by atoms with Crippen molar-refractivity contribution < 1.29 is 9.59 Å². The van der Waals surface area contributed by atoms with E-state index in [1.807, 2.05) is 0 Å². The summed E-state index contributed by atoms with van der Waals surface area (Å²) in [4.78, 5) is 24.8. The molecule has 0 amide bonds. The number of carbonyl (C=O) groups is 2. The molecule has 0 heterocycles. The number of hydrogen-bond donors (Lipinski definition) is 0. The van der Waals surface area contributed by atoms with Crippen LogP contribution >= 0.6 is 11.6 Å². The van der Waals surface area contributed by atoms with Crippen LogP contribution in [0.5, 0.6) is 0 Å². The lowest BCUT2D eigenvalue weighted by Gasteiger charge is -2.49. The summed E-state index contributed by atoms with van der Waals surface area (Å²) in [6.07, 6.45) is 8.32. The summed E-state index contributed by atoms with van der Waals surface area (Å²) < 4.78 is 0. The van der Waals surface area contributed by atoms with Gasteiger partial charge in [-0.3, -0.25) is 9.59 Å². The molecule has 19 heavy (non-hydrogen) atoms. The molecule has 0 aromatic heterocycles. The molecule has 4 aliphatic carbocycles. The van der Waals surface area contributed by atoms with Crippen molar-refractivity contribution in [1.29, 1.82) is 0 Å². The highest BCUT2D eigenvalue weighted by molar-refractivity contribution is 6.42. The molecule has 7 unspecified atom stereocenters. The maximum atomic E-state index is 12.5. The topological polar surface area (TPSA) is 34.1 Å². The lowest BCUT2D eigenvalue weighted by Crippen LogP contribution is -2.46. The fourth-order valence-electron chi connectivity index (χ4n) is 5.78. The maximum Gasteiger partial charge on any atom is 0.203 e. The normalized spacial score (nSPS) is 52.8. The maximum absolute atomic E-state index is 12.5. The number of halogens is 1. The van der Waals surface area contributed by atoms with Gasteiger partial charge in [0.25, 0.3) is 0 Å². The highest BCUT2D eigenvalue weighted by Crippen LogP contribution is 2.59. The molecule has 0 bridgehead atoms. The van der Waals surface area contributed by atoms with E-state index >= 15 is 0 Å². The first-order valence-corrected chi connectivity index (χ1v) is 8.34. The van der Waals surface area contributed by atoms with E-state index in [0.29, 0.717) is 23.7 Å². The van der Waals surface area contributed by atoms with E-state index in [-0.39, 0.29) is 28.8 Å². The van der Waals surface area contributed by atoms with Crippen molar-refractivity contribution in [1.82, 2.24) is 0 Å². The van der Waals surface area contributed by atoms with E-state index in [1.54, 1.807) is 0 Å². The third-order valence-corrected chi connectivity index (χ3v) is 6.95. The Balaban J connectivity index is 1.74. The zero-order valence-corrected chi connectivity index (χ0v) is 11.9. The second-order valence-corrected chi connectivity index (χ2v) is 7.72. The second kappa shape index (κ2) is 4.31. The molecule has 0 saturated heterocycles. The van der Waals surface area contributed by atoms with Gasteiger partial charge in [0.05, 0.1) is 0 Å². The number of carbonyl (C=O) groups excluding carboxylic acids is 2. The Morgan fingerprint density at radius 1 is 0.842 bits per heavy atom. The van der Waals surface area contributed by atoms with Gasteiger partial charge in [-0.05, 0) is 49.4 Å². The van der Waals surface area contributed by atoms with Gasteiger partial charge in [-0.25, -0.2) is 0 Å². The van der Waals surface area contributed by atoms with Crippen molar-refractivity contribution in [3.05, 3.63) is 0 Å². The zero-order chi connectivity index (χ0) is 13.1. The SMILES string of the molecule is O=C1C(=O)C2C3CCCCC3CC3CCC(Cl)C1C32. The molecule has 0 spiro atoms. The number of fused-ring (bicyclic) bond motifs is 2. The number of alkyl halides is 1. The molecule has 0 aromatic carbocycles. The van der Waals surface area contributed by atoms with E-state index in [0.717, 1.165) is 19.3 Å². The quantitative estimate of drug-likeness (QED) is 0.504. The van der Waals surface area contributed by atoms with Crippen LogP contribution in [0.15, 0.2) is 0 Å². The number of rotatable bonds is 0. The van der Waals surface area contributed by atoms with Crippen molar-refractivity contribution in [3.63, 3.8) is 0 Å². The molecule has 0 N–H and O–H groups in total. The van der Waals surface area contributed by atoms with Crippen LogP contribution in [0, 0.1) is 35.5 Å². The highest BCUT2D eigenvalue weighted by atomic mass is 35.5. The lowest BCUT2D eigenvalue weighted by molar-refractivity contribution is -0.138. The van der Waals surface area contributed by atoms with Crippen LogP contribution in [0.2, 0.25) is 0 Å². The van der Waals surface area contributed by atoms with Gasteiger partial charge in [0.1, 0.15) is 0 Å². The Bertz CT molecular complexity index is 432. The third kappa shape index (κ3) is 1.62. The molecule has 4 aliphatic rings. The van der Waals surface area contributed by atoms with Crippen molar-refractivity contribution in [2.24, 2.45) is 35.5 Å². The van der Waals surface area contributed by atoms with Gasteiger partial charge in [0, 0.05) is 17.2 Å². The van der Waals surface area contributed by atoms with E-state index < -0.39 is 0 Å². The molecule has 0 aromatic rings. The van der Waals surface area contributed by atoms with Gasteiger partial charge >= 0.3 is 0 Å². The van der Waals surface area contributed by atoms with E-state index in [1.165, 1.54) is 25.7 Å². The molecule has 0 radical (unpaired) electrons. The summed E-state index contributed by atoms with van der Waals surface area (Å²) in [7, 11) is 0. The standard InChI is InChI=1S/C16H21ClO2/c17-11-6-5-9-7-8-3-1-2-4-10(8)13-12(9)14(11)16(19)15(13)18/h8-14H,1-7H2. The molecule has 2 nitrogen and oxygen atoms in total. The van der Waals surface area contributed by atoms with Gasteiger partial charge in [-0.2, -0.15) is 0 Å². The van der Waals surface area contributed by atoms with E-state index in [2.05, 4.69) is 0 Å². The Kier molecular flexibility index (Phi) is 2.81. The first-order chi connectivity index (χ1) is 9.18. The Morgan fingerprint density at radius 2 is 1.58 bits per heavy atom. The Morgan fingerprint density at radius 3 is 2.42 bits per heavy atom. The number of hydrogen-bond acceptors (Lipinski definition) is 2. The molecule has 7 atom stereocenters. The van der Waals surface area contributed by atoms with Crippen molar-refractivity contribution >= 4 is 23.2 Å². The van der Waals surface area contributed by atoms with Crippen molar-refractivity contribution in [2.45, 2.75) is 50.3 Å². The van der Waals surface area contributed by atoms with Crippen molar-refractivity contribution in [2.75, 3.05) is 0 Å². The molecule has 0 aliphatic heterocycles. The van der Waals surface area contributed by atoms with Crippen LogP contribution in [0.3, 0.4) is 0 Å². The minimum Gasteiger partial charge on any atom is -0.291 e. The van der Waals surface area contributed by atoms with E-state index in [4.69, 9.17) is 11.6 Å². The minimum absolute atomic E-state index is 0.0445. The number of Topliss-reactive ketones (excluding diaryl/α,β-unsaturated/α-hetero) is 2. The fraction of sp³-hybridized carbons (Fsp3) is 0.875. The molecule has 4 rings (SSSR count). The molecule has 104 valence electrons. The Labute approximate surface area is 119 Å².